The van der Waals surface area contributed by atoms with Crippen molar-refractivity contribution in [2.24, 2.45) is 0 Å². The number of ether oxygens (including phenoxy) is 1. The number of piperazine rings is 1. The van der Waals surface area contributed by atoms with Crippen LogP contribution in [0.25, 0.3) is 11.1 Å². The molecule has 6 nitrogen and oxygen atoms in total. The highest BCUT2D eigenvalue weighted by molar-refractivity contribution is 5.72. The highest BCUT2D eigenvalue weighted by Gasteiger charge is 2.19. The molecule has 1 saturated heterocycles. The van der Waals surface area contributed by atoms with Gasteiger partial charge in [-0.05, 0) is 49.2 Å². The second kappa shape index (κ2) is 7.88. The molecule has 6 heteroatoms. The molecule has 2 heterocycles. The summed E-state index contributed by atoms with van der Waals surface area (Å²) in [6.45, 7) is 5.23. The van der Waals surface area contributed by atoms with Gasteiger partial charge in [-0.1, -0.05) is 18.2 Å². The zero-order chi connectivity index (χ0) is 18.6. The molecule has 142 valence electrons. The topological polar surface area (TPSA) is 61.7 Å². The van der Waals surface area contributed by atoms with Crippen molar-refractivity contribution in [1.29, 1.82) is 0 Å². The SMILES string of the molecule is COc1ccccc1N1CCN(CCCc2ccc3[nH]c(=O)oc3c2)CC1. The highest BCUT2D eigenvalue weighted by atomic mass is 16.5. The number of methoxy groups -OCH3 is 1. The molecule has 0 unspecified atom stereocenters. The third-order valence-electron chi connectivity index (χ3n) is 5.22. The number of oxazole rings is 1. The standard InChI is InChI=1S/C21H25N3O3/c1-26-19-7-3-2-6-18(19)24-13-11-23(12-14-24)10-4-5-16-8-9-17-20(15-16)27-21(25)22-17/h2-3,6-9,15H,4-5,10-14H2,1H3,(H,22,25). The summed E-state index contributed by atoms with van der Waals surface area (Å²) in [6.07, 6.45) is 2.08. The number of anilines is 1. The first-order valence-corrected chi connectivity index (χ1v) is 9.45. The lowest BCUT2D eigenvalue weighted by Gasteiger charge is -2.36. The lowest BCUT2D eigenvalue weighted by Crippen LogP contribution is -2.46. The summed E-state index contributed by atoms with van der Waals surface area (Å²) in [7, 11) is 1.73. The van der Waals surface area contributed by atoms with Crippen LogP contribution in [0.5, 0.6) is 5.75 Å². The molecule has 0 saturated carbocycles. The predicted octanol–water partition coefficient (Wildman–Crippen LogP) is 2.88. The van der Waals surface area contributed by atoms with Crippen molar-refractivity contribution in [2.45, 2.75) is 12.8 Å². The number of H-pyrrole nitrogens is 1. The van der Waals surface area contributed by atoms with Gasteiger partial charge in [0.1, 0.15) is 5.75 Å². The molecule has 0 radical (unpaired) electrons. The summed E-state index contributed by atoms with van der Waals surface area (Å²) >= 11 is 0. The third-order valence-corrected chi connectivity index (χ3v) is 5.22. The minimum atomic E-state index is -0.393. The van der Waals surface area contributed by atoms with E-state index in [1.807, 2.05) is 24.3 Å². The molecular weight excluding hydrogens is 342 g/mol. The second-order valence-electron chi connectivity index (χ2n) is 6.95. The number of nitrogens with zero attached hydrogens (tertiary/aromatic N) is 2. The molecule has 0 bridgehead atoms. The average molecular weight is 367 g/mol. The number of fused-ring (bicyclic) bond motifs is 1. The van der Waals surface area contributed by atoms with Gasteiger partial charge in [0.2, 0.25) is 0 Å². The fourth-order valence-electron chi connectivity index (χ4n) is 3.76. The van der Waals surface area contributed by atoms with E-state index >= 15 is 0 Å². The fraction of sp³-hybridized carbons (Fsp3) is 0.381. The largest absolute Gasteiger partial charge is 0.495 e. The summed E-state index contributed by atoms with van der Waals surface area (Å²) in [5.74, 6) is 0.549. The van der Waals surface area contributed by atoms with Gasteiger partial charge in [-0.2, -0.15) is 0 Å². The Balaban J connectivity index is 1.27. The maximum Gasteiger partial charge on any atom is 0.417 e. The van der Waals surface area contributed by atoms with Crippen LogP contribution in [0.3, 0.4) is 0 Å². The van der Waals surface area contributed by atoms with E-state index < -0.39 is 5.76 Å². The summed E-state index contributed by atoms with van der Waals surface area (Å²) in [6, 6.07) is 14.2. The Morgan fingerprint density at radius 2 is 1.93 bits per heavy atom. The summed E-state index contributed by atoms with van der Waals surface area (Å²) in [5.41, 5.74) is 3.79. The van der Waals surface area contributed by atoms with Gasteiger partial charge in [0, 0.05) is 26.2 Å². The van der Waals surface area contributed by atoms with Crippen LogP contribution in [-0.4, -0.2) is 49.7 Å². The maximum absolute atomic E-state index is 11.2. The monoisotopic (exact) mass is 367 g/mol. The molecule has 1 N–H and O–H groups in total. The van der Waals surface area contributed by atoms with Gasteiger partial charge in [-0.25, -0.2) is 4.79 Å². The smallest absolute Gasteiger partial charge is 0.417 e. The Hall–Kier alpha value is -2.73. The Kier molecular flexibility index (Phi) is 5.16. The summed E-state index contributed by atoms with van der Waals surface area (Å²) in [4.78, 5) is 18.8. The average Bonchev–Trinajstić information content (AvgIpc) is 3.08. The molecular formula is C21H25N3O3. The first-order chi connectivity index (χ1) is 13.2. The van der Waals surface area contributed by atoms with Crippen LogP contribution >= 0.6 is 0 Å². The summed E-state index contributed by atoms with van der Waals surface area (Å²) in [5, 5.41) is 0. The molecule has 1 aromatic heterocycles. The Morgan fingerprint density at radius 1 is 1.11 bits per heavy atom. The fourth-order valence-corrected chi connectivity index (χ4v) is 3.76. The lowest BCUT2D eigenvalue weighted by atomic mass is 10.1. The van der Waals surface area contributed by atoms with Crippen LogP contribution in [0.1, 0.15) is 12.0 Å². The zero-order valence-electron chi connectivity index (χ0n) is 15.6. The molecule has 3 aromatic rings. The molecule has 27 heavy (non-hydrogen) atoms. The molecule has 0 atom stereocenters. The molecule has 2 aromatic carbocycles. The maximum atomic E-state index is 11.2. The van der Waals surface area contributed by atoms with Crippen molar-refractivity contribution >= 4 is 16.8 Å². The molecule has 0 spiro atoms. The number of hydrogen-bond acceptors (Lipinski definition) is 5. The number of hydrogen-bond donors (Lipinski definition) is 1. The van der Waals surface area contributed by atoms with Gasteiger partial charge in [0.15, 0.2) is 5.58 Å². The van der Waals surface area contributed by atoms with E-state index in [9.17, 15) is 4.79 Å². The van der Waals surface area contributed by atoms with E-state index in [1.165, 1.54) is 11.3 Å². The molecule has 1 fully saturated rings. The van der Waals surface area contributed by atoms with Gasteiger partial charge < -0.3 is 14.1 Å². The van der Waals surface area contributed by atoms with E-state index in [0.717, 1.165) is 56.8 Å². The van der Waals surface area contributed by atoms with E-state index in [2.05, 4.69) is 33.0 Å². The van der Waals surface area contributed by atoms with Crippen molar-refractivity contribution in [3.63, 3.8) is 0 Å². The first-order valence-electron chi connectivity index (χ1n) is 9.45. The molecule has 0 aliphatic carbocycles. The quantitative estimate of drug-likeness (QED) is 0.726. The number of rotatable bonds is 6. The van der Waals surface area contributed by atoms with E-state index in [-0.39, 0.29) is 0 Å². The van der Waals surface area contributed by atoms with Crippen LogP contribution in [0.15, 0.2) is 51.7 Å². The van der Waals surface area contributed by atoms with Crippen LogP contribution in [0, 0.1) is 0 Å². The van der Waals surface area contributed by atoms with Crippen molar-refractivity contribution in [1.82, 2.24) is 9.88 Å². The minimum absolute atomic E-state index is 0.393. The van der Waals surface area contributed by atoms with Crippen molar-refractivity contribution in [3.8, 4) is 5.75 Å². The van der Waals surface area contributed by atoms with Gasteiger partial charge >= 0.3 is 5.76 Å². The number of nitrogens with one attached hydrogen (secondary N) is 1. The van der Waals surface area contributed by atoms with E-state index in [4.69, 9.17) is 9.15 Å². The third kappa shape index (κ3) is 4.01. The van der Waals surface area contributed by atoms with Gasteiger partial charge in [-0.15, -0.1) is 0 Å². The molecule has 4 rings (SSSR count). The predicted molar refractivity (Wildman–Crippen MR) is 107 cm³/mol. The Morgan fingerprint density at radius 3 is 2.74 bits per heavy atom. The number of aromatic amines is 1. The number of benzene rings is 2. The molecule has 1 aliphatic rings. The lowest BCUT2D eigenvalue weighted by molar-refractivity contribution is 0.254. The highest BCUT2D eigenvalue weighted by Crippen LogP contribution is 2.28. The Bertz CT molecular complexity index is 954. The van der Waals surface area contributed by atoms with Gasteiger partial charge in [0.25, 0.3) is 0 Å². The number of aryl methyl sites for hydroxylation is 1. The van der Waals surface area contributed by atoms with Crippen molar-refractivity contribution in [3.05, 3.63) is 58.6 Å². The van der Waals surface area contributed by atoms with Crippen LogP contribution < -0.4 is 15.4 Å². The van der Waals surface area contributed by atoms with Crippen molar-refractivity contribution in [2.75, 3.05) is 44.7 Å². The molecule has 1 aliphatic heterocycles. The van der Waals surface area contributed by atoms with Gasteiger partial charge in [-0.3, -0.25) is 9.88 Å². The van der Waals surface area contributed by atoms with Crippen LogP contribution in [-0.2, 0) is 6.42 Å². The summed E-state index contributed by atoms with van der Waals surface area (Å²) < 4.78 is 10.6. The molecule has 0 amide bonds. The normalized spacial score (nSPS) is 15.4. The van der Waals surface area contributed by atoms with Gasteiger partial charge in [0.05, 0.1) is 18.3 Å². The van der Waals surface area contributed by atoms with E-state index in [1.54, 1.807) is 7.11 Å². The van der Waals surface area contributed by atoms with E-state index in [0.29, 0.717) is 5.58 Å². The van der Waals surface area contributed by atoms with Crippen LogP contribution in [0.2, 0.25) is 0 Å². The zero-order valence-corrected chi connectivity index (χ0v) is 15.6. The van der Waals surface area contributed by atoms with Crippen LogP contribution in [0.4, 0.5) is 5.69 Å². The second-order valence-corrected chi connectivity index (χ2v) is 6.95. The minimum Gasteiger partial charge on any atom is -0.495 e. The number of aromatic nitrogens is 1. The van der Waals surface area contributed by atoms with Crippen molar-refractivity contribution < 1.29 is 9.15 Å². The number of para-hydroxylation sites is 2. The Labute approximate surface area is 158 Å². The first kappa shape index (κ1) is 17.7.